The van der Waals surface area contributed by atoms with Crippen molar-refractivity contribution in [1.82, 2.24) is 40.0 Å². The van der Waals surface area contributed by atoms with Crippen LogP contribution in [0.5, 0.6) is 5.75 Å². The van der Waals surface area contributed by atoms with Crippen LogP contribution in [0.4, 0.5) is 9.59 Å². The van der Waals surface area contributed by atoms with Gasteiger partial charge < -0.3 is 43.9 Å². The molecule has 1 saturated carbocycles. The van der Waals surface area contributed by atoms with Crippen molar-refractivity contribution in [2.45, 2.75) is 109 Å². The van der Waals surface area contributed by atoms with Gasteiger partial charge in [0.2, 0.25) is 0 Å². The number of aromatic nitrogens is 4. The molecule has 20 heteroatoms. The SMILES string of the molecule is CCOC(=O)N1CCc2c([nH]c3ccc(Br)cc23)C1Cc1ccc(Cl)cc1Cl.CCOC(=O)N1CCc2c([nH]c3ccccc23)C1c1ccc(OC)cc1.Clc1ccc2[nH]c3c(c2c1)CCN(Cc1ccccc1)C3C1CCCCC1.O=c1c(C2NCCc3c2[nH]c2ccc(Cl)cc32)coc2ccccc12. The number of aromatic amines is 4. The molecule has 0 bridgehead atoms. The minimum Gasteiger partial charge on any atom is -0.497 e. The van der Waals surface area contributed by atoms with Gasteiger partial charge in [0.05, 0.1) is 49.4 Å². The second-order valence-electron chi connectivity index (χ2n) is 27.8. The van der Waals surface area contributed by atoms with Gasteiger partial charge in [0.25, 0.3) is 0 Å². The number of hydrogen-bond acceptors (Lipinski definition) is 9. The highest BCUT2D eigenvalue weighted by molar-refractivity contribution is 9.10. The summed E-state index contributed by atoms with van der Waals surface area (Å²) in [6, 6.07) is 58.2. The summed E-state index contributed by atoms with van der Waals surface area (Å²) in [7, 11) is 1.65. The molecule has 5 N–H and O–H groups in total. The van der Waals surface area contributed by atoms with Gasteiger partial charge in [0, 0.05) is 130 Å². The van der Waals surface area contributed by atoms with E-state index in [0.717, 1.165) is 122 Å². The highest BCUT2D eigenvalue weighted by atomic mass is 79.9. The molecular formula is C86H83BrCl4N8O7. The Hall–Kier alpha value is -8.97. The third-order valence-electron chi connectivity index (χ3n) is 21.6. The summed E-state index contributed by atoms with van der Waals surface area (Å²) >= 11 is 28.5. The molecule has 4 unspecified atom stereocenters. The Kier molecular flexibility index (Phi) is 22.1. The molecule has 0 saturated heterocycles. The lowest BCUT2D eigenvalue weighted by molar-refractivity contribution is 0.0856. The van der Waals surface area contributed by atoms with Gasteiger partial charge in [-0.3, -0.25) is 19.5 Å². The summed E-state index contributed by atoms with van der Waals surface area (Å²) in [5.41, 5.74) is 18.9. The molecule has 5 aliphatic rings. The lowest BCUT2D eigenvalue weighted by atomic mass is 9.79. The average Bonchev–Trinajstić information content (AvgIpc) is 1.60. The monoisotopic (exact) mass is 1560 g/mol. The molecule has 1 aliphatic carbocycles. The van der Waals surface area contributed by atoms with Crippen LogP contribution >= 0.6 is 62.3 Å². The molecule has 106 heavy (non-hydrogen) atoms. The van der Waals surface area contributed by atoms with Crippen LogP contribution in [-0.4, -0.2) is 93.3 Å². The number of nitrogens with zero attached hydrogens (tertiary/aromatic N) is 3. The predicted octanol–water partition coefficient (Wildman–Crippen LogP) is 21.5. The zero-order valence-electron chi connectivity index (χ0n) is 59.3. The number of para-hydroxylation sites is 2. The number of H-pyrrole nitrogens is 4. The van der Waals surface area contributed by atoms with Crippen molar-refractivity contribution >= 4 is 129 Å². The van der Waals surface area contributed by atoms with Crippen LogP contribution < -0.4 is 15.5 Å². The first-order chi connectivity index (χ1) is 51.7. The molecule has 0 spiro atoms. The molecule has 4 aliphatic heterocycles. The molecule has 5 aromatic heterocycles. The van der Waals surface area contributed by atoms with Crippen LogP contribution in [0.25, 0.3) is 54.6 Å². The maximum Gasteiger partial charge on any atom is 0.410 e. The minimum absolute atomic E-state index is 0.00360. The fraction of sp³-hybridized carbons (Fsp3) is 0.291. The van der Waals surface area contributed by atoms with Crippen LogP contribution in [0.2, 0.25) is 20.1 Å². The Bertz CT molecular complexity index is 5420. The van der Waals surface area contributed by atoms with Crippen LogP contribution in [0.3, 0.4) is 0 Å². The van der Waals surface area contributed by atoms with E-state index in [1.807, 2.05) is 110 Å². The van der Waals surface area contributed by atoms with Crippen molar-refractivity contribution in [2.24, 2.45) is 5.92 Å². The van der Waals surface area contributed by atoms with E-state index in [1.165, 1.54) is 87.3 Å². The van der Waals surface area contributed by atoms with Gasteiger partial charge in [0.1, 0.15) is 23.6 Å². The Morgan fingerprint density at radius 2 is 1.12 bits per heavy atom. The van der Waals surface area contributed by atoms with Crippen LogP contribution in [-0.2, 0) is 48.1 Å². The maximum absolute atomic E-state index is 13.0. The number of ether oxygens (including phenoxy) is 3. The number of halogens is 5. The molecule has 544 valence electrons. The Morgan fingerprint density at radius 1 is 0.557 bits per heavy atom. The van der Waals surface area contributed by atoms with Gasteiger partial charge in [0.15, 0.2) is 5.43 Å². The summed E-state index contributed by atoms with van der Waals surface area (Å²) in [6.07, 6.45) is 12.0. The van der Waals surface area contributed by atoms with Crippen molar-refractivity contribution in [3.05, 3.63) is 284 Å². The lowest BCUT2D eigenvalue weighted by Crippen LogP contribution is -2.41. The number of carbonyl (C=O) groups excluding carboxylic acids is 2. The van der Waals surface area contributed by atoms with Gasteiger partial charge in [-0.05, 0) is 194 Å². The molecule has 2 amide bonds. The Balaban J connectivity index is 0.000000113. The summed E-state index contributed by atoms with van der Waals surface area (Å²) in [6.45, 7) is 8.55. The molecule has 18 rings (SSSR count). The summed E-state index contributed by atoms with van der Waals surface area (Å²) in [5, 5.41) is 11.7. The van der Waals surface area contributed by atoms with Crippen molar-refractivity contribution in [1.29, 1.82) is 0 Å². The topological polar surface area (TPSA) is 177 Å². The van der Waals surface area contributed by atoms with E-state index < -0.39 is 0 Å². The lowest BCUT2D eigenvalue weighted by Gasteiger charge is -2.42. The molecule has 13 aromatic rings. The van der Waals surface area contributed by atoms with Gasteiger partial charge in [-0.15, -0.1) is 0 Å². The number of rotatable bonds is 10. The third-order valence-corrected chi connectivity index (χ3v) is 23.2. The van der Waals surface area contributed by atoms with E-state index in [1.54, 1.807) is 30.4 Å². The minimum atomic E-state index is -0.303. The van der Waals surface area contributed by atoms with Crippen LogP contribution in [0, 0.1) is 5.92 Å². The first-order valence-corrected chi connectivity index (χ1v) is 39.0. The molecular weight excluding hydrogens is 1480 g/mol. The number of methoxy groups -OCH3 is 1. The molecule has 1 fully saturated rings. The summed E-state index contributed by atoms with van der Waals surface area (Å²) < 4.78 is 22.7. The number of nitrogens with one attached hydrogen (secondary N) is 5. The fourth-order valence-electron chi connectivity index (χ4n) is 16.7. The Morgan fingerprint density at radius 3 is 1.83 bits per heavy atom. The largest absolute Gasteiger partial charge is 0.497 e. The normalized spacial score (nSPS) is 17.8. The van der Waals surface area contributed by atoms with Crippen LogP contribution in [0.1, 0.15) is 137 Å². The second kappa shape index (κ2) is 32.2. The van der Waals surface area contributed by atoms with E-state index >= 15 is 0 Å². The van der Waals surface area contributed by atoms with Crippen molar-refractivity contribution in [3.8, 4) is 5.75 Å². The number of hydrogen-bond donors (Lipinski definition) is 5. The van der Waals surface area contributed by atoms with Gasteiger partial charge >= 0.3 is 12.2 Å². The van der Waals surface area contributed by atoms with E-state index in [2.05, 4.69) is 119 Å². The van der Waals surface area contributed by atoms with E-state index in [0.29, 0.717) is 65.3 Å². The number of benzene rings is 8. The van der Waals surface area contributed by atoms with E-state index in [4.69, 9.17) is 65.0 Å². The first-order valence-electron chi connectivity index (χ1n) is 36.7. The molecule has 0 radical (unpaired) electrons. The number of fused-ring (bicyclic) bond motifs is 13. The number of carbonyl (C=O) groups is 2. The zero-order chi connectivity index (χ0) is 73.1. The first kappa shape index (κ1) is 72.6. The van der Waals surface area contributed by atoms with E-state index in [9.17, 15) is 14.4 Å². The van der Waals surface area contributed by atoms with Gasteiger partial charge in [-0.1, -0.05) is 160 Å². The predicted molar refractivity (Wildman–Crippen MR) is 429 cm³/mol. The van der Waals surface area contributed by atoms with Gasteiger partial charge in [-0.2, -0.15) is 0 Å². The summed E-state index contributed by atoms with van der Waals surface area (Å²) in [4.78, 5) is 58.9. The average molecular weight is 1560 g/mol. The smallest absolute Gasteiger partial charge is 0.410 e. The fourth-order valence-corrected chi connectivity index (χ4v) is 17.9. The van der Waals surface area contributed by atoms with Crippen LogP contribution in [0.15, 0.2) is 196 Å². The Labute approximate surface area is 643 Å². The van der Waals surface area contributed by atoms with Gasteiger partial charge in [-0.25, -0.2) is 9.59 Å². The van der Waals surface area contributed by atoms with Crippen molar-refractivity contribution in [2.75, 3.05) is 46.5 Å². The quantitative estimate of drug-likeness (QED) is 0.0892. The standard InChI is InChI=1S/C24H27ClN2.C21H19BrCl2N2O2.C21H22N2O3.C20H15ClN2O2/c25-19-11-12-22-21(15-19)20-13-14-27(16-17-7-3-1-4-8-17)24(23(20)26-22)18-9-5-2-6-10-18;1-2-28-21(27)26-8-7-15-16-10-13(22)4-6-18(16)25-20(15)19(26)9-12-3-5-14(23)11-17(12)24;1-3-26-21(24)23-13-12-17-16-6-4-5-7-18(16)22-19(17)20(23)14-8-10-15(25-2)11-9-14;21-11-5-6-16-14(9-11)12-7-8-22-18(19(12)23-16)15-10-25-17-4-2-1-3-13(17)20(15)24/h1,3-4,7-8,11-12,15,18,24,26H,2,5-6,9-10,13-14,16H2;3-6,10-11,19,25H,2,7-9H2,1H3;4-11,20,22H,3,12-13H2,1-2H3;1-6,9-10,18,22-23H,7-8H2. The molecule has 4 atom stereocenters. The molecule has 9 heterocycles. The summed E-state index contributed by atoms with van der Waals surface area (Å²) in [5.74, 6) is 1.55. The maximum atomic E-state index is 13.0. The second-order valence-corrected chi connectivity index (χ2v) is 30.4. The highest BCUT2D eigenvalue weighted by Gasteiger charge is 2.39. The zero-order valence-corrected chi connectivity index (χ0v) is 63.9. The van der Waals surface area contributed by atoms with Crippen molar-refractivity contribution < 1.29 is 28.2 Å². The number of amides is 2. The highest BCUT2D eigenvalue weighted by Crippen LogP contribution is 2.46. The van der Waals surface area contributed by atoms with Crippen molar-refractivity contribution in [3.63, 3.8) is 0 Å². The molecule has 8 aromatic carbocycles. The third kappa shape index (κ3) is 15.0. The van der Waals surface area contributed by atoms with E-state index in [-0.39, 0.29) is 35.7 Å². The molecule has 15 nitrogen and oxygen atoms in total.